The summed E-state index contributed by atoms with van der Waals surface area (Å²) in [5, 5.41) is 4.27. The third-order valence-corrected chi connectivity index (χ3v) is 4.73. The van der Waals surface area contributed by atoms with Crippen molar-refractivity contribution in [2.75, 3.05) is 29.9 Å². The van der Waals surface area contributed by atoms with Gasteiger partial charge >= 0.3 is 0 Å². The van der Waals surface area contributed by atoms with Gasteiger partial charge in [0.15, 0.2) is 11.6 Å². The highest BCUT2D eigenvalue weighted by atomic mass is 15.3. The zero-order valence-corrected chi connectivity index (χ0v) is 14.9. The predicted molar refractivity (Wildman–Crippen MR) is 101 cm³/mol. The lowest BCUT2D eigenvalue weighted by atomic mass is 10.1. The summed E-state index contributed by atoms with van der Waals surface area (Å²) in [7, 11) is 4.03. The molecule has 2 aromatic heterocycles. The molecule has 1 saturated heterocycles. The van der Waals surface area contributed by atoms with E-state index in [0.717, 1.165) is 42.3 Å². The molecular formula is C19H24N6. The number of para-hydroxylation sites is 2. The summed E-state index contributed by atoms with van der Waals surface area (Å²) in [5.74, 6) is 1.95. The van der Waals surface area contributed by atoms with Crippen molar-refractivity contribution < 1.29 is 0 Å². The van der Waals surface area contributed by atoms with Crippen LogP contribution in [0.25, 0.3) is 11.0 Å². The average molecular weight is 336 g/mol. The average Bonchev–Trinajstić information content (AvgIpc) is 3.06. The molecule has 1 aliphatic heterocycles. The van der Waals surface area contributed by atoms with Crippen molar-refractivity contribution in [1.82, 2.24) is 19.7 Å². The van der Waals surface area contributed by atoms with Gasteiger partial charge in [0.25, 0.3) is 0 Å². The standard InChI is InChI=1S/C19H24N6/c1-23(13-15-12-20-24(2)14-15)18-19(25-10-6-3-7-11-25)22-17-9-5-4-8-16(17)21-18/h4-5,8-9,12,14H,3,6-7,10-11,13H2,1-2H3. The Kier molecular flexibility index (Phi) is 4.26. The van der Waals surface area contributed by atoms with Crippen molar-refractivity contribution in [2.45, 2.75) is 25.8 Å². The maximum atomic E-state index is 4.97. The van der Waals surface area contributed by atoms with Crippen LogP contribution >= 0.6 is 0 Å². The summed E-state index contributed by atoms with van der Waals surface area (Å²) >= 11 is 0. The summed E-state index contributed by atoms with van der Waals surface area (Å²) in [4.78, 5) is 14.5. The highest BCUT2D eigenvalue weighted by molar-refractivity contribution is 5.80. The molecule has 0 unspecified atom stereocenters. The molecule has 0 spiro atoms. The molecule has 0 bridgehead atoms. The van der Waals surface area contributed by atoms with Gasteiger partial charge in [-0.3, -0.25) is 4.68 Å². The van der Waals surface area contributed by atoms with Gasteiger partial charge < -0.3 is 9.80 Å². The number of fused-ring (bicyclic) bond motifs is 1. The molecule has 0 saturated carbocycles. The van der Waals surface area contributed by atoms with E-state index < -0.39 is 0 Å². The number of anilines is 2. The van der Waals surface area contributed by atoms with Crippen LogP contribution in [0.4, 0.5) is 11.6 Å². The highest BCUT2D eigenvalue weighted by Crippen LogP contribution is 2.30. The van der Waals surface area contributed by atoms with Gasteiger partial charge in [-0.25, -0.2) is 9.97 Å². The van der Waals surface area contributed by atoms with Crippen molar-refractivity contribution in [1.29, 1.82) is 0 Å². The largest absolute Gasteiger partial charge is 0.354 e. The van der Waals surface area contributed by atoms with Crippen LogP contribution in [0.3, 0.4) is 0 Å². The Bertz CT molecular complexity index is 865. The molecule has 0 amide bonds. The van der Waals surface area contributed by atoms with E-state index in [1.807, 2.05) is 48.4 Å². The monoisotopic (exact) mass is 336 g/mol. The van der Waals surface area contributed by atoms with Crippen LogP contribution in [0.5, 0.6) is 0 Å². The minimum Gasteiger partial charge on any atom is -0.354 e. The molecule has 1 aliphatic rings. The molecule has 6 nitrogen and oxygen atoms in total. The second-order valence-electron chi connectivity index (χ2n) is 6.79. The number of hydrogen-bond donors (Lipinski definition) is 0. The van der Waals surface area contributed by atoms with Crippen molar-refractivity contribution in [3.05, 3.63) is 42.2 Å². The Hall–Kier alpha value is -2.63. The maximum Gasteiger partial charge on any atom is 0.172 e. The smallest absolute Gasteiger partial charge is 0.172 e. The van der Waals surface area contributed by atoms with Gasteiger partial charge in [-0.1, -0.05) is 12.1 Å². The van der Waals surface area contributed by atoms with E-state index >= 15 is 0 Å². The zero-order chi connectivity index (χ0) is 17.2. The molecule has 0 aliphatic carbocycles. The molecular weight excluding hydrogens is 312 g/mol. The molecule has 130 valence electrons. The SMILES string of the molecule is CN(Cc1cnn(C)c1)c1nc2ccccc2nc1N1CCCCC1. The predicted octanol–water partition coefficient (Wildman–Crippen LogP) is 2.99. The van der Waals surface area contributed by atoms with Gasteiger partial charge in [0.2, 0.25) is 0 Å². The van der Waals surface area contributed by atoms with Gasteiger partial charge in [0.05, 0.1) is 17.2 Å². The molecule has 3 heterocycles. The third kappa shape index (κ3) is 3.29. The van der Waals surface area contributed by atoms with E-state index in [1.165, 1.54) is 24.8 Å². The number of rotatable bonds is 4. The minimum atomic E-state index is 0.766. The fourth-order valence-corrected chi connectivity index (χ4v) is 3.46. The van der Waals surface area contributed by atoms with Crippen LogP contribution in [0, 0.1) is 0 Å². The molecule has 1 aromatic carbocycles. The summed E-state index contributed by atoms with van der Waals surface area (Å²) in [6.07, 6.45) is 7.70. The van der Waals surface area contributed by atoms with E-state index in [1.54, 1.807) is 0 Å². The first-order valence-electron chi connectivity index (χ1n) is 8.91. The van der Waals surface area contributed by atoms with E-state index in [0.29, 0.717) is 0 Å². The minimum absolute atomic E-state index is 0.766. The summed E-state index contributed by atoms with van der Waals surface area (Å²) in [5.41, 5.74) is 3.07. The second-order valence-corrected chi connectivity index (χ2v) is 6.79. The summed E-state index contributed by atoms with van der Waals surface area (Å²) in [6, 6.07) is 8.11. The second kappa shape index (κ2) is 6.70. The van der Waals surface area contributed by atoms with Gasteiger partial charge in [-0.2, -0.15) is 5.10 Å². The topological polar surface area (TPSA) is 50.1 Å². The maximum absolute atomic E-state index is 4.97. The lowest BCUT2D eigenvalue weighted by molar-refractivity contribution is 0.573. The summed E-state index contributed by atoms with van der Waals surface area (Å²) < 4.78 is 1.83. The Morgan fingerprint density at radius 2 is 1.76 bits per heavy atom. The Labute approximate surface area is 148 Å². The Morgan fingerprint density at radius 3 is 2.44 bits per heavy atom. The number of hydrogen-bond acceptors (Lipinski definition) is 5. The van der Waals surface area contributed by atoms with Crippen LogP contribution in [-0.2, 0) is 13.6 Å². The number of aromatic nitrogens is 4. The van der Waals surface area contributed by atoms with Crippen LogP contribution in [0.2, 0.25) is 0 Å². The lowest BCUT2D eigenvalue weighted by Crippen LogP contribution is -2.32. The fraction of sp³-hybridized carbons (Fsp3) is 0.421. The van der Waals surface area contributed by atoms with E-state index in [9.17, 15) is 0 Å². The Morgan fingerprint density at radius 1 is 1.04 bits per heavy atom. The molecule has 0 atom stereocenters. The molecule has 0 radical (unpaired) electrons. The van der Waals surface area contributed by atoms with Gasteiger partial charge in [-0.15, -0.1) is 0 Å². The van der Waals surface area contributed by atoms with E-state index in [2.05, 4.69) is 21.9 Å². The van der Waals surface area contributed by atoms with Crippen molar-refractivity contribution in [3.8, 4) is 0 Å². The molecule has 25 heavy (non-hydrogen) atoms. The number of nitrogens with zero attached hydrogens (tertiary/aromatic N) is 6. The van der Waals surface area contributed by atoms with Crippen LogP contribution in [0.1, 0.15) is 24.8 Å². The summed E-state index contributed by atoms with van der Waals surface area (Å²) in [6.45, 7) is 2.88. The first-order valence-corrected chi connectivity index (χ1v) is 8.91. The lowest BCUT2D eigenvalue weighted by Gasteiger charge is -2.31. The molecule has 6 heteroatoms. The molecule has 0 N–H and O–H groups in total. The van der Waals surface area contributed by atoms with Crippen LogP contribution in [-0.4, -0.2) is 39.9 Å². The molecule has 1 fully saturated rings. The van der Waals surface area contributed by atoms with Gasteiger partial charge in [0, 0.05) is 45.5 Å². The van der Waals surface area contributed by atoms with Crippen LogP contribution < -0.4 is 9.80 Å². The number of piperidine rings is 1. The number of aryl methyl sites for hydroxylation is 1. The Balaban J connectivity index is 1.73. The van der Waals surface area contributed by atoms with E-state index in [-0.39, 0.29) is 0 Å². The van der Waals surface area contributed by atoms with Gasteiger partial charge in [-0.05, 0) is 31.4 Å². The fourth-order valence-electron chi connectivity index (χ4n) is 3.46. The first-order chi connectivity index (χ1) is 12.2. The van der Waals surface area contributed by atoms with E-state index in [4.69, 9.17) is 9.97 Å². The molecule has 4 rings (SSSR count). The third-order valence-electron chi connectivity index (χ3n) is 4.73. The normalized spacial score (nSPS) is 14.9. The highest BCUT2D eigenvalue weighted by Gasteiger charge is 2.21. The first kappa shape index (κ1) is 15.9. The zero-order valence-electron chi connectivity index (χ0n) is 14.9. The molecule has 3 aromatic rings. The quantitative estimate of drug-likeness (QED) is 0.733. The van der Waals surface area contributed by atoms with Crippen molar-refractivity contribution in [2.24, 2.45) is 7.05 Å². The number of benzene rings is 1. The van der Waals surface area contributed by atoms with Crippen molar-refractivity contribution >= 4 is 22.7 Å². The van der Waals surface area contributed by atoms with Crippen LogP contribution in [0.15, 0.2) is 36.7 Å². The van der Waals surface area contributed by atoms with Crippen molar-refractivity contribution in [3.63, 3.8) is 0 Å². The van der Waals surface area contributed by atoms with Gasteiger partial charge in [0.1, 0.15) is 0 Å².